The van der Waals surface area contributed by atoms with Crippen molar-refractivity contribution in [2.75, 3.05) is 0 Å². The number of carbonyl (C=O) groups is 2. The van der Waals surface area contributed by atoms with E-state index in [9.17, 15) is 22.8 Å². The molecular weight excluding hydrogens is 285 g/mol. The molecule has 0 saturated carbocycles. The molecule has 3 N–H and O–H groups in total. The highest BCUT2D eigenvalue weighted by molar-refractivity contribution is 5.87. The van der Waals surface area contributed by atoms with Crippen molar-refractivity contribution in [1.82, 2.24) is 5.32 Å². The largest absolute Gasteiger partial charge is 0.416 e. The Morgan fingerprint density at radius 3 is 2.38 bits per heavy atom. The highest BCUT2D eigenvalue weighted by Gasteiger charge is 2.30. The predicted octanol–water partition coefficient (Wildman–Crippen LogP) is 1.87. The van der Waals surface area contributed by atoms with Crippen LogP contribution in [0.5, 0.6) is 0 Å². The van der Waals surface area contributed by atoms with E-state index in [0.717, 1.165) is 12.1 Å². The molecule has 0 saturated heterocycles. The van der Waals surface area contributed by atoms with Crippen molar-refractivity contribution >= 4 is 11.8 Å². The van der Waals surface area contributed by atoms with Gasteiger partial charge in [-0.15, -0.1) is 0 Å². The Balaban J connectivity index is 2.77. The molecule has 4 nitrogen and oxygen atoms in total. The fourth-order valence-electron chi connectivity index (χ4n) is 1.83. The fraction of sp³-hybridized carbons (Fsp3) is 0.429. The molecule has 2 amide bonds. The zero-order valence-electron chi connectivity index (χ0n) is 11.7. The van der Waals surface area contributed by atoms with Crippen LogP contribution in [0.15, 0.2) is 24.3 Å². The number of hydrogen-bond donors (Lipinski definition) is 2. The summed E-state index contributed by atoms with van der Waals surface area (Å²) in [4.78, 5) is 23.0. The molecule has 116 valence electrons. The molecule has 1 rings (SSSR count). The lowest BCUT2D eigenvalue weighted by molar-refractivity contribution is -0.137. The summed E-state index contributed by atoms with van der Waals surface area (Å²) in [7, 11) is 0. The van der Waals surface area contributed by atoms with Gasteiger partial charge in [0.2, 0.25) is 11.8 Å². The highest BCUT2D eigenvalue weighted by atomic mass is 19.4. The van der Waals surface area contributed by atoms with Gasteiger partial charge in [0.1, 0.15) is 6.04 Å². The minimum absolute atomic E-state index is 0.201. The molecule has 0 aromatic heterocycles. The maximum absolute atomic E-state index is 12.6. The molecule has 7 heteroatoms. The van der Waals surface area contributed by atoms with Crippen LogP contribution in [-0.4, -0.2) is 17.9 Å². The zero-order chi connectivity index (χ0) is 16.2. The maximum Gasteiger partial charge on any atom is 0.416 e. The van der Waals surface area contributed by atoms with Crippen LogP contribution in [-0.2, 0) is 22.2 Å². The summed E-state index contributed by atoms with van der Waals surface area (Å²) in [5.74, 6) is -1.43. The summed E-state index contributed by atoms with van der Waals surface area (Å²) in [6, 6.07) is 3.65. The van der Waals surface area contributed by atoms with E-state index >= 15 is 0 Å². The van der Waals surface area contributed by atoms with Crippen molar-refractivity contribution in [3.05, 3.63) is 35.4 Å². The highest BCUT2D eigenvalue weighted by Crippen LogP contribution is 2.29. The Labute approximate surface area is 120 Å². The van der Waals surface area contributed by atoms with Crippen molar-refractivity contribution in [1.29, 1.82) is 0 Å². The monoisotopic (exact) mass is 302 g/mol. The minimum atomic E-state index is -4.46. The topological polar surface area (TPSA) is 72.2 Å². The van der Waals surface area contributed by atoms with E-state index < -0.39 is 29.6 Å². The van der Waals surface area contributed by atoms with Gasteiger partial charge < -0.3 is 11.1 Å². The molecule has 1 atom stereocenters. The van der Waals surface area contributed by atoms with E-state index in [1.165, 1.54) is 12.1 Å². The molecule has 0 radical (unpaired) electrons. The standard InChI is InChI=1S/C14H17F3N2O2/c1-8(2)12(13(18)21)19-11(20)7-9-4-3-5-10(6-9)14(15,16)17/h3-6,8,12H,7H2,1-2H3,(H2,18,21)(H,19,20)/t12-/m0/s1. The maximum atomic E-state index is 12.6. The first-order valence-corrected chi connectivity index (χ1v) is 6.36. The van der Waals surface area contributed by atoms with E-state index in [1.807, 2.05) is 0 Å². The van der Waals surface area contributed by atoms with Gasteiger partial charge in [0.05, 0.1) is 12.0 Å². The minimum Gasteiger partial charge on any atom is -0.368 e. The molecule has 0 unspecified atom stereocenters. The quantitative estimate of drug-likeness (QED) is 0.871. The van der Waals surface area contributed by atoms with Gasteiger partial charge in [-0.25, -0.2) is 0 Å². The number of benzene rings is 1. The van der Waals surface area contributed by atoms with Gasteiger partial charge in [0, 0.05) is 0 Å². The number of primary amides is 1. The van der Waals surface area contributed by atoms with Gasteiger partial charge >= 0.3 is 6.18 Å². The molecule has 0 heterocycles. The van der Waals surface area contributed by atoms with Gasteiger partial charge in [0.25, 0.3) is 0 Å². The van der Waals surface area contributed by atoms with Crippen molar-refractivity contribution < 1.29 is 22.8 Å². The van der Waals surface area contributed by atoms with E-state index in [4.69, 9.17) is 5.73 Å². The number of nitrogens with one attached hydrogen (secondary N) is 1. The Morgan fingerprint density at radius 1 is 1.29 bits per heavy atom. The molecular formula is C14H17F3N2O2. The summed E-state index contributed by atoms with van der Waals surface area (Å²) < 4.78 is 37.7. The molecule has 0 aliphatic rings. The summed E-state index contributed by atoms with van der Waals surface area (Å²) in [5.41, 5.74) is 4.56. The second-order valence-corrected chi connectivity index (χ2v) is 5.07. The average molecular weight is 302 g/mol. The third-order valence-electron chi connectivity index (χ3n) is 2.91. The average Bonchev–Trinajstić information content (AvgIpc) is 2.34. The van der Waals surface area contributed by atoms with E-state index in [1.54, 1.807) is 13.8 Å². The summed E-state index contributed by atoms with van der Waals surface area (Å²) in [6.07, 6.45) is -4.71. The predicted molar refractivity (Wildman–Crippen MR) is 71.1 cm³/mol. The normalized spacial score (nSPS) is 13.0. The number of halogens is 3. The van der Waals surface area contributed by atoms with Crippen molar-refractivity contribution in [3.8, 4) is 0 Å². The second-order valence-electron chi connectivity index (χ2n) is 5.07. The van der Waals surface area contributed by atoms with Crippen LogP contribution in [0.3, 0.4) is 0 Å². The molecule has 0 fully saturated rings. The third kappa shape index (κ3) is 5.09. The van der Waals surface area contributed by atoms with Crippen LogP contribution in [0.25, 0.3) is 0 Å². The Hall–Kier alpha value is -2.05. The lowest BCUT2D eigenvalue weighted by Gasteiger charge is -2.19. The molecule has 0 bridgehead atoms. The van der Waals surface area contributed by atoms with Crippen molar-refractivity contribution in [2.45, 2.75) is 32.5 Å². The van der Waals surface area contributed by atoms with Gasteiger partial charge in [-0.1, -0.05) is 32.0 Å². The molecule has 0 aliphatic carbocycles. The number of carbonyl (C=O) groups excluding carboxylic acids is 2. The van der Waals surface area contributed by atoms with Crippen molar-refractivity contribution in [2.24, 2.45) is 11.7 Å². The Kier molecular flexibility index (Phi) is 5.34. The summed E-state index contributed by atoms with van der Waals surface area (Å²) >= 11 is 0. The molecule has 1 aromatic rings. The Bertz CT molecular complexity index is 527. The van der Waals surface area contributed by atoms with Crippen LogP contribution < -0.4 is 11.1 Å². The zero-order valence-corrected chi connectivity index (χ0v) is 11.7. The number of alkyl halides is 3. The van der Waals surface area contributed by atoms with Crippen LogP contribution in [0.4, 0.5) is 13.2 Å². The number of rotatable bonds is 5. The van der Waals surface area contributed by atoms with Crippen LogP contribution in [0.2, 0.25) is 0 Å². The molecule has 1 aromatic carbocycles. The van der Waals surface area contributed by atoms with Crippen LogP contribution >= 0.6 is 0 Å². The van der Waals surface area contributed by atoms with E-state index in [-0.39, 0.29) is 17.9 Å². The summed E-state index contributed by atoms with van der Waals surface area (Å²) in [5, 5.41) is 2.43. The first-order chi connectivity index (χ1) is 9.61. The van der Waals surface area contributed by atoms with Gasteiger partial charge in [-0.05, 0) is 17.5 Å². The smallest absolute Gasteiger partial charge is 0.368 e. The fourth-order valence-corrected chi connectivity index (χ4v) is 1.83. The lowest BCUT2D eigenvalue weighted by atomic mass is 10.0. The van der Waals surface area contributed by atoms with E-state index in [0.29, 0.717) is 0 Å². The first kappa shape index (κ1) is 17.0. The number of hydrogen-bond acceptors (Lipinski definition) is 2. The molecule has 0 spiro atoms. The lowest BCUT2D eigenvalue weighted by Crippen LogP contribution is -2.48. The van der Waals surface area contributed by atoms with Crippen LogP contribution in [0.1, 0.15) is 25.0 Å². The first-order valence-electron chi connectivity index (χ1n) is 6.36. The Morgan fingerprint density at radius 2 is 1.90 bits per heavy atom. The van der Waals surface area contributed by atoms with Gasteiger partial charge in [0.15, 0.2) is 0 Å². The molecule has 21 heavy (non-hydrogen) atoms. The van der Waals surface area contributed by atoms with Gasteiger partial charge in [-0.3, -0.25) is 9.59 Å². The van der Waals surface area contributed by atoms with Crippen molar-refractivity contribution in [3.63, 3.8) is 0 Å². The van der Waals surface area contributed by atoms with Gasteiger partial charge in [-0.2, -0.15) is 13.2 Å². The number of amides is 2. The second kappa shape index (κ2) is 6.60. The van der Waals surface area contributed by atoms with Crippen LogP contribution in [0, 0.1) is 5.92 Å². The van der Waals surface area contributed by atoms with E-state index in [2.05, 4.69) is 5.32 Å². The molecule has 0 aliphatic heterocycles. The SMILES string of the molecule is CC(C)[C@H](NC(=O)Cc1cccc(C(F)(F)F)c1)C(N)=O. The number of nitrogens with two attached hydrogens (primary N) is 1. The summed E-state index contributed by atoms with van der Waals surface area (Å²) in [6.45, 7) is 3.42. The third-order valence-corrected chi connectivity index (χ3v) is 2.91.